The van der Waals surface area contributed by atoms with Gasteiger partial charge >= 0.3 is 0 Å². The minimum atomic E-state index is -0.400. The molecule has 1 saturated heterocycles. The maximum Gasteiger partial charge on any atom is 0.237 e. The van der Waals surface area contributed by atoms with Gasteiger partial charge in [0.25, 0.3) is 0 Å². The number of nitrogens with two attached hydrogens (primary N) is 1. The standard InChI is InChI=1S/C14H25N3O2/c15-13(18)10-17(12-6-8-16-9-7-12)14(19)11-4-2-1-3-5-11/h11-12,16H,1-10H2,(H2,15,18). The molecule has 5 heteroatoms. The van der Waals surface area contributed by atoms with Crippen LogP contribution in [0.5, 0.6) is 0 Å². The smallest absolute Gasteiger partial charge is 0.237 e. The highest BCUT2D eigenvalue weighted by Gasteiger charge is 2.31. The Balaban J connectivity index is 2.02. The molecule has 19 heavy (non-hydrogen) atoms. The number of primary amides is 1. The van der Waals surface area contributed by atoms with Crippen LogP contribution in [-0.4, -0.2) is 42.4 Å². The minimum Gasteiger partial charge on any atom is -0.368 e. The molecule has 0 atom stereocenters. The van der Waals surface area contributed by atoms with Gasteiger partial charge in [0.15, 0.2) is 0 Å². The molecule has 2 fully saturated rings. The molecule has 108 valence electrons. The van der Waals surface area contributed by atoms with Crippen LogP contribution in [0.2, 0.25) is 0 Å². The predicted molar refractivity (Wildman–Crippen MR) is 73.4 cm³/mol. The van der Waals surface area contributed by atoms with Crippen LogP contribution >= 0.6 is 0 Å². The van der Waals surface area contributed by atoms with Crippen molar-refractivity contribution in [1.29, 1.82) is 0 Å². The maximum atomic E-state index is 12.6. The van der Waals surface area contributed by atoms with E-state index in [1.54, 1.807) is 4.90 Å². The number of amides is 2. The predicted octanol–water partition coefficient (Wildman–Crippen LogP) is 0.633. The third kappa shape index (κ3) is 3.93. The van der Waals surface area contributed by atoms with Crippen molar-refractivity contribution in [2.75, 3.05) is 19.6 Å². The maximum absolute atomic E-state index is 12.6. The van der Waals surface area contributed by atoms with E-state index in [1.165, 1.54) is 6.42 Å². The van der Waals surface area contributed by atoms with Gasteiger partial charge in [-0.3, -0.25) is 9.59 Å². The molecule has 0 aromatic carbocycles. The third-order valence-corrected chi connectivity index (χ3v) is 4.31. The number of hydrogen-bond donors (Lipinski definition) is 2. The Morgan fingerprint density at radius 3 is 2.26 bits per heavy atom. The second-order valence-electron chi connectivity index (χ2n) is 5.75. The van der Waals surface area contributed by atoms with Crippen LogP contribution in [0.3, 0.4) is 0 Å². The van der Waals surface area contributed by atoms with Gasteiger partial charge in [0, 0.05) is 12.0 Å². The number of hydrogen-bond acceptors (Lipinski definition) is 3. The number of nitrogens with zero attached hydrogens (tertiary/aromatic N) is 1. The van der Waals surface area contributed by atoms with Gasteiger partial charge in [0.1, 0.15) is 0 Å². The number of nitrogens with one attached hydrogen (secondary N) is 1. The highest BCUT2D eigenvalue weighted by Crippen LogP contribution is 2.27. The van der Waals surface area contributed by atoms with Crippen molar-refractivity contribution in [2.24, 2.45) is 11.7 Å². The molecule has 2 amide bonds. The molecule has 2 rings (SSSR count). The Labute approximate surface area is 114 Å². The molecule has 3 N–H and O–H groups in total. The fourth-order valence-electron chi connectivity index (χ4n) is 3.26. The Bertz CT molecular complexity index is 321. The van der Waals surface area contributed by atoms with Gasteiger partial charge in [0.2, 0.25) is 11.8 Å². The molecule has 1 heterocycles. The summed E-state index contributed by atoms with van der Waals surface area (Å²) < 4.78 is 0. The zero-order valence-corrected chi connectivity index (χ0v) is 11.6. The van der Waals surface area contributed by atoms with Crippen LogP contribution in [0.4, 0.5) is 0 Å². The summed E-state index contributed by atoms with van der Waals surface area (Å²) in [5.74, 6) is -0.129. The number of carbonyl (C=O) groups excluding carboxylic acids is 2. The summed E-state index contributed by atoms with van der Waals surface area (Å²) in [5, 5.41) is 3.29. The third-order valence-electron chi connectivity index (χ3n) is 4.31. The Kier molecular flexibility index (Phi) is 5.19. The SMILES string of the molecule is NC(=O)CN(C(=O)C1CCCCC1)C1CCNCC1. The Morgan fingerprint density at radius 2 is 1.68 bits per heavy atom. The van der Waals surface area contributed by atoms with Gasteiger partial charge in [-0.05, 0) is 38.8 Å². The lowest BCUT2D eigenvalue weighted by molar-refractivity contribution is -0.142. The molecule has 1 saturated carbocycles. The zero-order chi connectivity index (χ0) is 13.7. The van der Waals surface area contributed by atoms with Crippen LogP contribution < -0.4 is 11.1 Å². The van der Waals surface area contributed by atoms with Crippen LogP contribution in [0.25, 0.3) is 0 Å². The van der Waals surface area contributed by atoms with Crippen LogP contribution in [0, 0.1) is 5.92 Å². The highest BCUT2D eigenvalue weighted by molar-refractivity contribution is 5.85. The van der Waals surface area contributed by atoms with Crippen molar-refractivity contribution < 1.29 is 9.59 Å². The van der Waals surface area contributed by atoms with E-state index in [0.29, 0.717) is 0 Å². The quantitative estimate of drug-likeness (QED) is 0.784. The molecule has 2 aliphatic rings. The summed E-state index contributed by atoms with van der Waals surface area (Å²) in [6.07, 6.45) is 7.28. The summed E-state index contributed by atoms with van der Waals surface area (Å²) in [6.45, 7) is 1.91. The van der Waals surface area contributed by atoms with E-state index in [9.17, 15) is 9.59 Å². The molecule has 0 unspecified atom stereocenters. The van der Waals surface area contributed by atoms with E-state index in [-0.39, 0.29) is 24.4 Å². The van der Waals surface area contributed by atoms with Gasteiger partial charge in [-0.25, -0.2) is 0 Å². The summed E-state index contributed by atoms with van der Waals surface area (Å²) in [7, 11) is 0. The highest BCUT2D eigenvalue weighted by atomic mass is 16.2. The zero-order valence-electron chi connectivity index (χ0n) is 11.6. The van der Waals surface area contributed by atoms with E-state index < -0.39 is 5.91 Å². The minimum absolute atomic E-state index is 0.0833. The first-order valence-electron chi connectivity index (χ1n) is 7.48. The van der Waals surface area contributed by atoms with Crippen molar-refractivity contribution in [1.82, 2.24) is 10.2 Å². The van der Waals surface area contributed by atoms with Gasteiger partial charge in [0.05, 0.1) is 6.54 Å². The molecular formula is C14H25N3O2. The van der Waals surface area contributed by atoms with Crippen molar-refractivity contribution >= 4 is 11.8 Å². The van der Waals surface area contributed by atoms with E-state index in [1.807, 2.05) is 0 Å². The largest absolute Gasteiger partial charge is 0.368 e. The van der Waals surface area contributed by atoms with Crippen molar-refractivity contribution in [3.8, 4) is 0 Å². The van der Waals surface area contributed by atoms with Crippen LogP contribution in [0.15, 0.2) is 0 Å². The van der Waals surface area contributed by atoms with Crippen molar-refractivity contribution in [3.63, 3.8) is 0 Å². The number of piperidine rings is 1. The molecule has 0 bridgehead atoms. The molecule has 1 aliphatic carbocycles. The molecule has 0 aromatic heterocycles. The lowest BCUT2D eigenvalue weighted by Crippen LogP contribution is -2.51. The second kappa shape index (κ2) is 6.89. The van der Waals surface area contributed by atoms with E-state index in [2.05, 4.69) is 5.32 Å². The summed E-state index contributed by atoms with van der Waals surface area (Å²) in [5.41, 5.74) is 5.32. The fourth-order valence-corrected chi connectivity index (χ4v) is 3.26. The van der Waals surface area contributed by atoms with Gasteiger partial charge in [-0.2, -0.15) is 0 Å². The lowest BCUT2D eigenvalue weighted by Gasteiger charge is -2.36. The Morgan fingerprint density at radius 1 is 1.05 bits per heavy atom. The van der Waals surface area contributed by atoms with Crippen LogP contribution in [0.1, 0.15) is 44.9 Å². The van der Waals surface area contributed by atoms with Gasteiger partial charge in [-0.1, -0.05) is 19.3 Å². The average molecular weight is 267 g/mol. The molecule has 0 radical (unpaired) electrons. The number of rotatable bonds is 4. The van der Waals surface area contributed by atoms with E-state index in [4.69, 9.17) is 5.73 Å². The van der Waals surface area contributed by atoms with Crippen LogP contribution in [-0.2, 0) is 9.59 Å². The van der Waals surface area contributed by atoms with Gasteiger partial charge < -0.3 is 16.0 Å². The normalized spacial score (nSPS) is 22.1. The topological polar surface area (TPSA) is 75.4 Å². The van der Waals surface area contributed by atoms with E-state index in [0.717, 1.165) is 51.6 Å². The first kappa shape index (κ1) is 14.3. The van der Waals surface area contributed by atoms with E-state index >= 15 is 0 Å². The Hall–Kier alpha value is -1.10. The molecule has 5 nitrogen and oxygen atoms in total. The van der Waals surface area contributed by atoms with Gasteiger partial charge in [-0.15, -0.1) is 0 Å². The number of carbonyl (C=O) groups is 2. The van der Waals surface area contributed by atoms with Crippen molar-refractivity contribution in [2.45, 2.75) is 51.0 Å². The summed E-state index contributed by atoms with van der Waals surface area (Å²) >= 11 is 0. The first-order chi connectivity index (χ1) is 9.18. The molecule has 0 aromatic rings. The summed E-state index contributed by atoms with van der Waals surface area (Å²) in [4.78, 5) is 25.6. The molecule has 1 aliphatic heterocycles. The fraction of sp³-hybridized carbons (Fsp3) is 0.857. The molecule has 0 spiro atoms. The average Bonchev–Trinajstić information content (AvgIpc) is 2.46. The molecular weight excluding hydrogens is 242 g/mol. The monoisotopic (exact) mass is 267 g/mol. The van der Waals surface area contributed by atoms with Crippen molar-refractivity contribution in [3.05, 3.63) is 0 Å². The lowest BCUT2D eigenvalue weighted by atomic mass is 9.87. The first-order valence-corrected chi connectivity index (χ1v) is 7.48. The summed E-state index contributed by atoms with van der Waals surface area (Å²) in [6, 6.07) is 0.183. The second-order valence-corrected chi connectivity index (χ2v) is 5.75.